The molecule has 0 aliphatic heterocycles. The highest BCUT2D eigenvalue weighted by Crippen LogP contribution is 2.25. The van der Waals surface area contributed by atoms with E-state index in [9.17, 15) is 0 Å². The van der Waals surface area contributed by atoms with Crippen molar-refractivity contribution in [2.75, 3.05) is 6.54 Å². The monoisotopic (exact) mass is 208 g/mol. The fourth-order valence-corrected chi connectivity index (χ4v) is 1.90. The summed E-state index contributed by atoms with van der Waals surface area (Å²) in [5.74, 6) is 0. The Balaban J connectivity index is 2.42. The molecule has 0 amide bonds. The van der Waals surface area contributed by atoms with Gasteiger partial charge in [-0.25, -0.2) is 0 Å². The molecule has 0 saturated heterocycles. The van der Waals surface area contributed by atoms with E-state index in [4.69, 9.17) is 17.3 Å². The van der Waals surface area contributed by atoms with Gasteiger partial charge in [-0.3, -0.25) is 0 Å². The van der Waals surface area contributed by atoms with Gasteiger partial charge in [-0.05, 0) is 31.0 Å². The van der Waals surface area contributed by atoms with Gasteiger partial charge in [0.15, 0.2) is 0 Å². The average Bonchev–Trinajstić information content (AvgIpc) is 2.60. The van der Waals surface area contributed by atoms with Crippen molar-refractivity contribution in [1.82, 2.24) is 4.98 Å². The minimum atomic E-state index is 0.729. The molecule has 0 aliphatic carbocycles. The maximum atomic E-state index is 6.05. The largest absolute Gasteiger partial charge is 0.360 e. The molecule has 0 bridgehead atoms. The van der Waals surface area contributed by atoms with Crippen molar-refractivity contribution < 1.29 is 0 Å². The van der Waals surface area contributed by atoms with E-state index in [2.05, 4.69) is 11.1 Å². The van der Waals surface area contributed by atoms with Crippen LogP contribution in [-0.4, -0.2) is 11.5 Å². The van der Waals surface area contributed by atoms with Gasteiger partial charge < -0.3 is 10.7 Å². The predicted molar refractivity (Wildman–Crippen MR) is 60.7 cm³/mol. The second-order valence-electron chi connectivity index (χ2n) is 3.37. The summed E-state index contributed by atoms with van der Waals surface area (Å²) in [6, 6.07) is 5.96. The van der Waals surface area contributed by atoms with Gasteiger partial charge in [0, 0.05) is 11.6 Å². The van der Waals surface area contributed by atoms with Gasteiger partial charge in [0.25, 0.3) is 0 Å². The zero-order valence-electron chi connectivity index (χ0n) is 7.89. The third kappa shape index (κ3) is 1.63. The van der Waals surface area contributed by atoms with Crippen LogP contribution in [0, 0.1) is 0 Å². The van der Waals surface area contributed by atoms with Crippen molar-refractivity contribution >= 4 is 22.5 Å². The zero-order valence-corrected chi connectivity index (χ0v) is 8.64. The molecule has 1 heterocycles. The number of rotatable bonds is 3. The summed E-state index contributed by atoms with van der Waals surface area (Å²) in [7, 11) is 0. The molecular weight excluding hydrogens is 196 g/mol. The van der Waals surface area contributed by atoms with E-state index < -0.39 is 0 Å². The summed E-state index contributed by atoms with van der Waals surface area (Å²) >= 11 is 6.05. The second kappa shape index (κ2) is 4.03. The van der Waals surface area contributed by atoms with Crippen LogP contribution in [0.25, 0.3) is 10.9 Å². The fourth-order valence-electron chi connectivity index (χ4n) is 1.67. The van der Waals surface area contributed by atoms with Crippen LogP contribution in [0.1, 0.15) is 12.0 Å². The lowest BCUT2D eigenvalue weighted by Gasteiger charge is -1.97. The zero-order chi connectivity index (χ0) is 9.97. The smallest absolute Gasteiger partial charge is 0.0647 e. The number of aryl methyl sites for hydroxylation is 1. The summed E-state index contributed by atoms with van der Waals surface area (Å²) in [4.78, 5) is 3.19. The first-order valence-electron chi connectivity index (χ1n) is 4.77. The van der Waals surface area contributed by atoms with E-state index >= 15 is 0 Å². The molecule has 0 radical (unpaired) electrons. The van der Waals surface area contributed by atoms with Gasteiger partial charge in [0.2, 0.25) is 0 Å². The Morgan fingerprint density at radius 2 is 2.21 bits per heavy atom. The number of hydrogen-bond acceptors (Lipinski definition) is 1. The lowest BCUT2D eigenvalue weighted by Crippen LogP contribution is -1.99. The quantitative estimate of drug-likeness (QED) is 0.800. The highest BCUT2D eigenvalue weighted by molar-refractivity contribution is 6.35. The minimum Gasteiger partial charge on any atom is -0.360 e. The molecule has 0 atom stereocenters. The van der Waals surface area contributed by atoms with Crippen LogP contribution in [0.4, 0.5) is 0 Å². The van der Waals surface area contributed by atoms with Crippen LogP contribution < -0.4 is 5.73 Å². The number of fused-ring (bicyclic) bond motifs is 1. The van der Waals surface area contributed by atoms with Gasteiger partial charge in [-0.1, -0.05) is 23.7 Å². The van der Waals surface area contributed by atoms with Gasteiger partial charge in [-0.2, -0.15) is 0 Å². The second-order valence-corrected chi connectivity index (χ2v) is 3.78. The van der Waals surface area contributed by atoms with Gasteiger partial charge in [0.05, 0.1) is 10.5 Å². The average molecular weight is 209 g/mol. The van der Waals surface area contributed by atoms with E-state index in [0.717, 1.165) is 29.9 Å². The Morgan fingerprint density at radius 3 is 3.00 bits per heavy atom. The Labute approximate surface area is 88.1 Å². The van der Waals surface area contributed by atoms with E-state index in [-0.39, 0.29) is 0 Å². The number of para-hydroxylation sites is 1. The molecule has 2 aromatic rings. The molecule has 3 N–H and O–H groups in total. The number of hydrogen-bond donors (Lipinski definition) is 2. The standard InChI is InChI=1S/C11H13ClN2/c12-10-5-1-4-9-8(3-2-6-13)7-14-11(9)10/h1,4-5,7,14H,2-3,6,13H2. The molecule has 14 heavy (non-hydrogen) atoms. The SMILES string of the molecule is NCCCc1c[nH]c2c(Cl)cccc12. The summed E-state index contributed by atoms with van der Waals surface area (Å²) < 4.78 is 0. The van der Waals surface area contributed by atoms with Crippen molar-refractivity contribution in [3.63, 3.8) is 0 Å². The molecule has 3 heteroatoms. The first kappa shape index (κ1) is 9.56. The van der Waals surface area contributed by atoms with Gasteiger partial charge in [0.1, 0.15) is 0 Å². The summed E-state index contributed by atoms with van der Waals surface area (Å²) in [6.45, 7) is 0.729. The molecule has 0 saturated carbocycles. The van der Waals surface area contributed by atoms with Crippen LogP contribution in [0.5, 0.6) is 0 Å². The highest BCUT2D eigenvalue weighted by atomic mass is 35.5. The third-order valence-electron chi connectivity index (χ3n) is 2.40. The molecule has 2 rings (SSSR count). The van der Waals surface area contributed by atoms with Gasteiger partial charge in [-0.15, -0.1) is 0 Å². The van der Waals surface area contributed by atoms with Crippen LogP contribution in [0.3, 0.4) is 0 Å². The van der Waals surface area contributed by atoms with Gasteiger partial charge >= 0.3 is 0 Å². The number of aromatic amines is 1. The molecule has 0 unspecified atom stereocenters. The topological polar surface area (TPSA) is 41.8 Å². The Kier molecular flexibility index (Phi) is 2.75. The van der Waals surface area contributed by atoms with E-state index in [0.29, 0.717) is 0 Å². The molecule has 0 spiro atoms. The molecule has 1 aromatic heterocycles. The number of benzene rings is 1. The lowest BCUT2D eigenvalue weighted by molar-refractivity contribution is 0.837. The van der Waals surface area contributed by atoms with Crippen molar-refractivity contribution in [1.29, 1.82) is 0 Å². The van der Waals surface area contributed by atoms with Crippen molar-refractivity contribution in [3.05, 3.63) is 35.0 Å². The maximum absolute atomic E-state index is 6.05. The third-order valence-corrected chi connectivity index (χ3v) is 2.72. The lowest BCUT2D eigenvalue weighted by atomic mass is 10.1. The summed E-state index contributed by atoms with van der Waals surface area (Å²) in [5, 5.41) is 1.99. The fraction of sp³-hybridized carbons (Fsp3) is 0.273. The molecule has 2 nitrogen and oxygen atoms in total. The van der Waals surface area contributed by atoms with Crippen LogP contribution in [0.15, 0.2) is 24.4 Å². The van der Waals surface area contributed by atoms with E-state index in [1.54, 1.807) is 0 Å². The Hall–Kier alpha value is -0.990. The van der Waals surface area contributed by atoms with Crippen molar-refractivity contribution in [3.8, 4) is 0 Å². The number of aromatic nitrogens is 1. The summed E-state index contributed by atoms with van der Waals surface area (Å²) in [6.07, 6.45) is 4.04. The Bertz CT molecular complexity index is 434. The maximum Gasteiger partial charge on any atom is 0.0647 e. The first-order chi connectivity index (χ1) is 6.83. The molecule has 74 valence electrons. The van der Waals surface area contributed by atoms with Crippen molar-refractivity contribution in [2.24, 2.45) is 5.73 Å². The van der Waals surface area contributed by atoms with Crippen LogP contribution in [0.2, 0.25) is 5.02 Å². The number of H-pyrrole nitrogens is 1. The molecule has 1 aromatic carbocycles. The molecular formula is C11H13ClN2. The van der Waals surface area contributed by atoms with E-state index in [1.165, 1.54) is 10.9 Å². The highest BCUT2D eigenvalue weighted by Gasteiger charge is 2.04. The first-order valence-corrected chi connectivity index (χ1v) is 5.15. The van der Waals surface area contributed by atoms with E-state index in [1.807, 2.05) is 18.3 Å². The summed E-state index contributed by atoms with van der Waals surface area (Å²) in [5.41, 5.74) is 7.81. The normalized spacial score (nSPS) is 11.0. The Morgan fingerprint density at radius 1 is 1.36 bits per heavy atom. The van der Waals surface area contributed by atoms with Crippen LogP contribution >= 0.6 is 11.6 Å². The van der Waals surface area contributed by atoms with Crippen molar-refractivity contribution in [2.45, 2.75) is 12.8 Å². The number of nitrogens with two attached hydrogens (primary N) is 1. The van der Waals surface area contributed by atoms with Crippen LogP contribution in [-0.2, 0) is 6.42 Å². The number of nitrogens with one attached hydrogen (secondary N) is 1. The number of halogens is 1. The molecule has 0 fully saturated rings. The molecule has 0 aliphatic rings. The predicted octanol–water partition coefficient (Wildman–Crippen LogP) is 2.71. The minimum absolute atomic E-state index is 0.729.